The number of hydrogen-bond acceptors (Lipinski definition) is 2. The molecule has 0 radical (unpaired) electrons. The lowest BCUT2D eigenvalue weighted by Crippen LogP contribution is -2.26. The van der Waals surface area contributed by atoms with Crippen LogP contribution in [0.3, 0.4) is 0 Å². The highest BCUT2D eigenvalue weighted by Crippen LogP contribution is 2.28. The van der Waals surface area contributed by atoms with E-state index in [2.05, 4.69) is 52.0 Å². The highest BCUT2D eigenvalue weighted by molar-refractivity contribution is 5.31. The zero-order valence-electron chi connectivity index (χ0n) is 12.2. The van der Waals surface area contributed by atoms with Gasteiger partial charge in [-0.3, -0.25) is 0 Å². The van der Waals surface area contributed by atoms with Crippen molar-refractivity contribution >= 4 is 0 Å². The van der Waals surface area contributed by atoms with E-state index in [1.807, 2.05) is 0 Å². The zero-order chi connectivity index (χ0) is 13.6. The van der Waals surface area contributed by atoms with Crippen molar-refractivity contribution in [3.8, 4) is 5.75 Å². The van der Waals surface area contributed by atoms with Gasteiger partial charge < -0.3 is 10.5 Å². The van der Waals surface area contributed by atoms with E-state index >= 15 is 0 Å². The van der Waals surface area contributed by atoms with Gasteiger partial charge in [-0.1, -0.05) is 46.2 Å². The Bertz CT molecular complexity index is 343. The largest absolute Gasteiger partial charge is 0.489 e. The lowest BCUT2D eigenvalue weighted by Gasteiger charge is -2.24. The molecular weight excluding hydrogens is 222 g/mol. The molecule has 2 N–H and O–H groups in total. The van der Waals surface area contributed by atoms with Crippen molar-refractivity contribution in [3.63, 3.8) is 0 Å². The molecule has 0 saturated heterocycles. The molecule has 0 saturated carbocycles. The van der Waals surface area contributed by atoms with E-state index < -0.39 is 0 Å². The number of rotatable bonds is 7. The molecule has 1 aromatic carbocycles. The van der Waals surface area contributed by atoms with E-state index in [-0.39, 0.29) is 11.5 Å². The van der Waals surface area contributed by atoms with Crippen LogP contribution in [0.15, 0.2) is 24.3 Å². The summed E-state index contributed by atoms with van der Waals surface area (Å²) in [5, 5.41) is 0. The maximum atomic E-state index is 5.88. The summed E-state index contributed by atoms with van der Waals surface area (Å²) in [5.74, 6) is 0.926. The van der Waals surface area contributed by atoms with Crippen molar-refractivity contribution in [2.75, 3.05) is 6.54 Å². The average Bonchev–Trinajstić information content (AvgIpc) is 2.39. The molecule has 0 aliphatic carbocycles. The van der Waals surface area contributed by atoms with Crippen LogP contribution in [0.1, 0.15) is 52.5 Å². The van der Waals surface area contributed by atoms with E-state index in [1.54, 1.807) is 0 Å². The first kappa shape index (κ1) is 15.0. The van der Waals surface area contributed by atoms with Crippen LogP contribution in [0.2, 0.25) is 0 Å². The molecule has 0 amide bonds. The highest BCUT2D eigenvalue weighted by atomic mass is 16.5. The number of nitrogens with two attached hydrogens (primary N) is 1. The normalized spacial score (nSPS) is 13.4. The van der Waals surface area contributed by atoms with Crippen LogP contribution in [0, 0.1) is 0 Å². The molecule has 2 nitrogen and oxygen atoms in total. The third-order valence-corrected chi connectivity index (χ3v) is 3.70. The van der Waals surface area contributed by atoms with E-state index in [1.165, 1.54) is 5.56 Å². The van der Waals surface area contributed by atoms with Gasteiger partial charge in [0, 0.05) is 6.54 Å². The Balaban J connectivity index is 2.71. The third-order valence-electron chi connectivity index (χ3n) is 3.70. The Morgan fingerprint density at radius 3 is 2.22 bits per heavy atom. The van der Waals surface area contributed by atoms with Gasteiger partial charge in [-0.2, -0.15) is 0 Å². The average molecular weight is 249 g/mol. The topological polar surface area (TPSA) is 35.2 Å². The molecule has 0 bridgehead atoms. The van der Waals surface area contributed by atoms with Crippen LogP contribution in [-0.2, 0) is 5.41 Å². The maximum Gasteiger partial charge on any atom is 0.119 e. The highest BCUT2D eigenvalue weighted by Gasteiger charge is 2.17. The molecule has 0 aliphatic heterocycles. The minimum Gasteiger partial charge on any atom is -0.489 e. The van der Waals surface area contributed by atoms with Crippen LogP contribution in [0.4, 0.5) is 0 Å². The SMILES string of the molecule is CCCC(CN)Oc1ccc(C(C)(C)CC)cc1. The fraction of sp³-hybridized carbons (Fsp3) is 0.625. The van der Waals surface area contributed by atoms with Gasteiger partial charge in [-0.25, -0.2) is 0 Å². The molecule has 0 aliphatic rings. The predicted octanol–water partition coefficient (Wildman–Crippen LogP) is 3.88. The standard InChI is InChI=1S/C16H27NO/c1-5-7-15(12-17)18-14-10-8-13(9-11-14)16(3,4)6-2/h8-11,15H,5-7,12,17H2,1-4H3. The summed E-state index contributed by atoms with van der Waals surface area (Å²) in [6, 6.07) is 8.45. The van der Waals surface area contributed by atoms with Gasteiger partial charge in [0.05, 0.1) is 0 Å². The van der Waals surface area contributed by atoms with Gasteiger partial charge in [0.25, 0.3) is 0 Å². The smallest absolute Gasteiger partial charge is 0.119 e. The van der Waals surface area contributed by atoms with E-state index in [0.29, 0.717) is 6.54 Å². The van der Waals surface area contributed by atoms with Gasteiger partial charge in [0.1, 0.15) is 11.9 Å². The first-order valence-corrected chi connectivity index (χ1v) is 7.00. The molecule has 1 rings (SSSR count). The van der Waals surface area contributed by atoms with Gasteiger partial charge in [-0.05, 0) is 36.0 Å². The summed E-state index contributed by atoms with van der Waals surface area (Å²) in [6.45, 7) is 9.48. The summed E-state index contributed by atoms with van der Waals surface area (Å²) >= 11 is 0. The summed E-state index contributed by atoms with van der Waals surface area (Å²) in [7, 11) is 0. The number of ether oxygens (including phenoxy) is 1. The lowest BCUT2D eigenvalue weighted by atomic mass is 9.82. The van der Waals surface area contributed by atoms with Crippen LogP contribution in [0.25, 0.3) is 0 Å². The Morgan fingerprint density at radius 1 is 1.17 bits per heavy atom. The molecule has 0 spiro atoms. The fourth-order valence-electron chi connectivity index (χ4n) is 1.93. The van der Waals surface area contributed by atoms with Gasteiger partial charge in [0.15, 0.2) is 0 Å². The van der Waals surface area contributed by atoms with E-state index in [9.17, 15) is 0 Å². The predicted molar refractivity (Wildman–Crippen MR) is 78.1 cm³/mol. The summed E-state index contributed by atoms with van der Waals surface area (Å²) < 4.78 is 5.88. The molecule has 2 heteroatoms. The monoisotopic (exact) mass is 249 g/mol. The number of hydrogen-bond donors (Lipinski definition) is 1. The second kappa shape index (κ2) is 6.79. The second-order valence-electron chi connectivity index (χ2n) is 5.53. The molecule has 102 valence electrons. The minimum absolute atomic E-state index is 0.139. The Kier molecular flexibility index (Phi) is 5.67. The van der Waals surface area contributed by atoms with Crippen molar-refractivity contribution in [1.29, 1.82) is 0 Å². The molecule has 0 aromatic heterocycles. The zero-order valence-corrected chi connectivity index (χ0v) is 12.2. The summed E-state index contributed by atoms with van der Waals surface area (Å²) in [5.41, 5.74) is 7.29. The number of benzene rings is 1. The van der Waals surface area contributed by atoms with Crippen LogP contribution in [0.5, 0.6) is 5.75 Å². The first-order valence-electron chi connectivity index (χ1n) is 7.00. The summed E-state index contributed by atoms with van der Waals surface area (Å²) in [4.78, 5) is 0. The van der Waals surface area contributed by atoms with Crippen LogP contribution >= 0.6 is 0 Å². The maximum absolute atomic E-state index is 5.88. The molecule has 1 aromatic rings. The Labute approximate surface area is 112 Å². The van der Waals surface area contributed by atoms with Crippen molar-refractivity contribution in [2.24, 2.45) is 5.73 Å². The molecule has 1 unspecified atom stereocenters. The van der Waals surface area contributed by atoms with Crippen LogP contribution < -0.4 is 10.5 Å². The van der Waals surface area contributed by atoms with Gasteiger partial charge >= 0.3 is 0 Å². The molecule has 0 heterocycles. The first-order chi connectivity index (χ1) is 8.53. The van der Waals surface area contributed by atoms with Gasteiger partial charge in [-0.15, -0.1) is 0 Å². The quantitative estimate of drug-likeness (QED) is 0.796. The van der Waals surface area contributed by atoms with Crippen LogP contribution in [-0.4, -0.2) is 12.6 Å². The second-order valence-corrected chi connectivity index (χ2v) is 5.53. The van der Waals surface area contributed by atoms with Crippen molar-refractivity contribution in [2.45, 2.75) is 58.5 Å². The van der Waals surface area contributed by atoms with E-state index in [0.717, 1.165) is 25.0 Å². The van der Waals surface area contributed by atoms with Crippen molar-refractivity contribution < 1.29 is 4.74 Å². The fourth-order valence-corrected chi connectivity index (χ4v) is 1.93. The minimum atomic E-state index is 0.139. The lowest BCUT2D eigenvalue weighted by molar-refractivity contribution is 0.198. The molecule has 18 heavy (non-hydrogen) atoms. The van der Waals surface area contributed by atoms with E-state index in [4.69, 9.17) is 10.5 Å². The molecule has 1 atom stereocenters. The molecule has 0 fully saturated rings. The summed E-state index contributed by atoms with van der Waals surface area (Å²) in [6.07, 6.45) is 3.38. The van der Waals surface area contributed by atoms with Gasteiger partial charge in [0.2, 0.25) is 0 Å². The van der Waals surface area contributed by atoms with Crippen molar-refractivity contribution in [1.82, 2.24) is 0 Å². The Morgan fingerprint density at radius 2 is 1.78 bits per heavy atom. The molecular formula is C16H27NO. The van der Waals surface area contributed by atoms with Crippen molar-refractivity contribution in [3.05, 3.63) is 29.8 Å². The third kappa shape index (κ3) is 4.02. The Hall–Kier alpha value is -1.02.